The summed E-state index contributed by atoms with van der Waals surface area (Å²) in [5, 5.41) is 6.56. The monoisotopic (exact) mass is 210 g/mol. The third-order valence-electron chi connectivity index (χ3n) is 3.75. The maximum Gasteiger partial charge on any atom is 0.221 e. The number of nitrogens with one attached hydrogen (secondary N) is 2. The van der Waals surface area contributed by atoms with Crippen LogP contribution in [0.4, 0.5) is 0 Å². The molecule has 0 bridgehead atoms. The van der Waals surface area contributed by atoms with Crippen molar-refractivity contribution >= 4 is 5.91 Å². The minimum absolute atomic E-state index is 0.163. The number of amides is 1. The summed E-state index contributed by atoms with van der Waals surface area (Å²) >= 11 is 0. The van der Waals surface area contributed by atoms with Gasteiger partial charge in [-0.3, -0.25) is 4.79 Å². The van der Waals surface area contributed by atoms with Crippen LogP contribution >= 0.6 is 0 Å². The number of carbonyl (C=O) groups excluding carboxylic acids is 1. The van der Waals surface area contributed by atoms with E-state index >= 15 is 0 Å². The molecule has 0 saturated heterocycles. The van der Waals surface area contributed by atoms with E-state index in [-0.39, 0.29) is 11.4 Å². The summed E-state index contributed by atoms with van der Waals surface area (Å²) in [5.74, 6) is 0.227. The van der Waals surface area contributed by atoms with Gasteiger partial charge in [0.25, 0.3) is 0 Å². The lowest BCUT2D eigenvalue weighted by molar-refractivity contribution is -0.124. The zero-order valence-corrected chi connectivity index (χ0v) is 9.64. The zero-order valence-electron chi connectivity index (χ0n) is 9.64. The van der Waals surface area contributed by atoms with Crippen molar-refractivity contribution in [1.82, 2.24) is 10.6 Å². The molecular formula is C12H22N2O. The van der Waals surface area contributed by atoms with E-state index in [4.69, 9.17) is 0 Å². The van der Waals surface area contributed by atoms with E-state index in [9.17, 15) is 4.79 Å². The fourth-order valence-corrected chi connectivity index (χ4v) is 2.21. The van der Waals surface area contributed by atoms with Gasteiger partial charge in [0.2, 0.25) is 5.91 Å². The summed E-state index contributed by atoms with van der Waals surface area (Å²) in [6.45, 7) is 3.01. The van der Waals surface area contributed by atoms with Crippen LogP contribution in [0.15, 0.2) is 0 Å². The van der Waals surface area contributed by atoms with Crippen LogP contribution in [-0.2, 0) is 4.79 Å². The van der Waals surface area contributed by atoms with Crippen LogP contribution in [0.2, 0.25) is 0 Å². The largest absolute Gasteiger partial charge is 0.351 e. The standard InChI is InChI=1S/C12H22N2O/c1-2-12(7-3-8-12)14-11(15)6-9-13-10-4-5-10/h10,13H,2-9H2,1H3,(H,14,15). The van der Waals surface area contributed by atoms with E-state index in [0.29, 0.717) is 12.5 Å². The SMILES string of the molecule is CCC1(NC(=O)CCNC2CC2)CCC1. The Hall–Kier alpha value is -0.570. The Morgan fingerprint density at radius 2 is 2.13 bits per heavy atom. The van der Waals surface area contributed by atoms with Gasteiger partial charge in [-0.1, -0.05) is 6.92 Å². The Balaban J connectivity index is 1.62. The minimum atomic E-state index is 0.163. The van der Waals surface area contributed by atoms with Crippen molar-refractivity contribution < 1.29 is 4.79 Å². The Kier molecular flexibility index (Phi) is 3.29. The molecular weight excluding hydrogens is 188 g/mol. The van der Waals surface area contributed by atoms with Crippen LogP contribution in [0.25, 0.3) is 0 Å². The van der Waals surface area contributed by atoms with Gasteiger partial charge < -0.3 is 10.6 Å². The summed E-state index contributed by atoms with van der Waals surface area (Å²) in [6, 6.07) is 0.710. The van der Waals surface area contributed by atoms with Gasteiger partial charge in [-0.05, 0) is 38.5 Å². The van der Waals surface area contributed by atoms with E-state index < -0.39 is 0 Å². The van der Waals surface area contributed by atoms with E-state index in [1.165, 1.54) is 32.1 Å². The molecule has 86 valence electrons. The predicted molar refractivity (Wildman–Crippen MR) is 60.7 cm³/mol. The summed E-state index contributed by atoms with van der Waals surface area (Å²) in [4.78, 5) is 11.7. The third-order valence-corrected chi connectivity index (χ3v) is 3.75. The molecule has 0 unspecified atom stereocenters. The molecule has 0 heterocycles. The number of hydrogen-bond acceptors (Lipinski definition) is 2. The van der Waals surface area contributed by atoms with Crippen molar-refractivity contribution in [2.24, 2.45) is 0 Å². The van der Waals surface area contributed by atoms with E-state index in [1.54, 1.807) is 0 Å². The Morgan fingerprint density at radius 1 is 1.40 bits per heavy atom. The second kappa shape index (κ2) is 4.52. The van der Waals surface area contributed by atoms with Crippen molar-refractivity contribution in [3.63, 3.8) is 0 Å². The van der Waals surface area contributed by atoms with Crippen LogP contribution in [0.3, 0.4) is 0 Å². The molecule has 0 atom stereocenters. The van der Waals surface area contributed by atoms with E-state index in [2.05, 4.69) is 17.6 Å². The molecule has 0 aromatic rings. The third kappa shape index (κ3) is 2.94. The molecule has 2 rings (SSSR count). The fraction of sp³-hybridized carbons (Fsp3) is 0.917. The molecule has 3 nitrogen and oxygen atoms in total. The van der Waals surface area contributed by atoms with Crippen molar-refractivity contribution in [3.05, 3.63) is 0 Å². The highest BCUT2D eigenvalue weighted by Crippen LogP contribution is 2.34. The molecule has 2 aliphatic carbocycles. The van der Waals surface area contributed by atoms with E-state index in [0.717, 1.165) is 13.0 Å². The molecule has 3 heteroatoms. The first-order valence-corrected chi connectivity index (χ1v) is 6.28. The lowest BCUT2D eigenvalue weighted by Gasteiger charge is -2.42. The number of hydrogen-bond donors (Lipinski definition) is 2. The van der Waals surface area contributed by atoms with Gasteiger partial charge in [0.1, 0.15) is 0 Å². The van der Waals surface area contributed by atoms with Gasteiger partial charge >= 0.3 is 0 Å². The van der Waals surface area contributed by atoms with Crippen LogP contribution in [0.5, 0.6) is 0 Å². The van der Waals surface area contributed by atoms with Crippen molar-refractivity contribution in [2.45, 2.75) is 63.5 Å². The van der Waals surface area contributed by atoms with E-state index in [1.807, 2.05) is 0 Å². The van der Waals surface area contributed by atoms with Gasteiger partial charge in [-0.2, -0.15) is 0 Å². The second-order valence-electron chi connectivity index (χ2n) is 5.01. The van der Waals surface area contributed by atoms with Gasteiger partial charge in [0.05, 0.1) is 0 Å². The maximum absolute atomic E-state index is 11.7. The van der Waals surface area contributed by atoms with Crippen molar-refractivity contribution in [2.75, 3.05) is 6.54 Å². The smallest absolute Gasteiger partial charge is 0.221 e. The Morgan fingerprint density at radius 3 is 2.60 bits per heavy atom. The molecule has 15 heavy (non-hydrogen) atoms. The fourth-order valence-electron chi connectivity index (χ4n) is 2.21. The first-order valence-electron chi connectivity index (χ1n) is 6.28. The maximum atomic E-state index is 11.7. The molecule has 2 fully saturated rings. The van der Waals surface area contributed by atoms with Crippen LogP contribution in [0, 0.1) is 0 Å². The zero-order chi connectivity index (χ0) is 10.7. The summed E-state index contributed by atoms with van der Waals surface area (Å²) in [7, 11) is 0. The molecule has 1 amide bonds. The number of carbonyl (C=O) groups is 1. The predicted octanol–water partition coefficient (Wildman–Crippen LogP) is 1.58. The van der Waals surface area contributed by atoms with Crippen LogP contribution < -0.4 is 10.6 Å². The highest BCUT2D eigenvalue weighted by atomic mass is 16.1. The molecule has 0 spiro atoms. The second-order valence-corrected chi connectivity index (χ2v) is 5.01. The average Bonchev–Trinajstić information content (AvgIpc) is 2.95. The summed E-state index contributed by atoms with van der Waals surface area (Å²) < 4.78 is 0. The van der Waals surface area contributed by atoms with Crippen LogP contribution in [-0.4, -0.2) is 24.0 Å². The lowest BCUT2D eigenvalue weighted by atomic mass is 9.75. The number of rotatable bonds is 6. The van der Waals surface area contributed by atoms with Crippen molar-refractivity contribution in [3.8, 4) is 0 Å². The van der Waals surface area contributed by atoms with Gasteiger partial charge in [-0.25, -0.2) is 0 Å². The van der Waals surface area contributed by atoms with Gasteiger partial charge in [0.15, 0.2) is 0 Å². The molecule has 2 N–H and O–H groups in total. The molecule has 2 saturated carbocycles. The first-order chi connectivity index (χ1) is 7.24. The molecule has 0 radical (unpaired) electrons. The highest BCUT2D eigenvalue weighted by molar-refractivity contribution is 5.77. The van der Waals surface area contributed by atoms with Gasteiger partial charge in [0, 0.05) is 24.5 Å². The molecule has 0 aliphatic heterocycles. The minimum Gasteiger partial charge on any atom is -0.351 e. The summed E-state index contributed by atoms with van der Waals surface area (Å²) in [6.07, 6.45) is 7.92. The lowest BCUT2D eigenvalue weighted by Crippen LogP contribution is -2.53. The molecule has 0 aromatic heterocycles. The van der Waals surface area contributed by atoms with Crippen molar-refractivity contribution in [1.29, 1.82) is 0 Å². The molecule has 0 aromatic carbocycles. The topological polar surface area (TPSA) is 41.1 Å². The normalized spacial score (nSPS) is 23.3. The van der Waals surface area contributed by atoms with Crippen LogP contribution in [0.1, 0.15) is 51.9 Å². The Labute approximate surface area is 92.0 Å². The average molecular weight is 210 g/mol. The molecule has 2 aliphatic rings. The van der Waals surface area contributed by atoms with Gasteiger partial charge in [-0.15, -0.1) is 0 Å². The summed E-state index contributed by atoms with van der Waals surface area (Å²) in [5.41, 5.74) is 0.163. The Bertz CT molecular complexity index is 226. The highest BCUT2D eigenvalue weighted by Gasteiger charge is 2.36. The quantitative estimate of drug-likeness (QED) is 0.699. The first kappa shape index (κ1) is 10.9.